The fourth-order valence-corrected chi connectivity index (χ4v) is 4.54. The van der Waals surface area contributed by atoms with Crippen LogP contribution in [0.15, 0.2) is 23.1 Å². The Kier molecular flexibility index (Phi) is 5.93. The van der Waals surface area contributed by atoms with Gasteiger partial charge in [0.25, 0.3) is 0 Å². The maximum absolute atomic E-state index is 14.3. The molecule has 0 radical (unpaired) electrons. The lowest BCUT2D eigenvalue weighted by Gasteiger charge is -2.29. The Bertz CT molecular complexity index is 692. The van der Waals surface area contributed by atoms with Crippen LogP contribution in [-0.2, 0) is 14.8 Å². The van der Waals surface area contributed by atoms with Crippen molar-refractivity contribution in [2.45, 2.75) is 30.7 Å². The van der Waals surface area contributed by atoms with Crippen molar-refractivity contribution in [1.82, 2.24) is 10.0 Å². The maximum Gasteiger partial charge on any atom is 0.240 e. The first-order chi connectivity index (χ1) is 12.0. The summed E-state index contributed by atoms with van der Waals surface area (Å²) < 4.78 is 52.7. The summed E-state index contributed by atoms with van der Waals surface area (Å²) in [4.78, 5) is -0.0766. The number of hydrogen-bond acceptors (Lipinski definition) is 5. The number of benzene rings is 1. The summed E-state index contributed by atoms with van der Waals surface area (Å²) in [6, 6.07) is 3.64. The Balaban J connectivity index is 1.65. The second-order valence-corrected chi connectivity index (χ2v) is 8.54. The molecule has 0 bridgehead atoms. The Morgan fingerprint density at radius 2 is 2.24 bits per heavy atom. The van der Waals surface area contributed by atoms with Gasteiger partial charge in [0.05, 0.1) is 18.1 Å². The average Bonchev–Trinajstić information content (AvgIpc) is 3.09. The molecule has 0 aromatic heterocycles. The summed E-state index contributed by atoms with van der Waals surface area (Å²) in [6.07, 6.45) is 1.61. The van der Waals surface area contributed by atoms with Crippen molar-refractivity contribution in [3.8, 4) is 5.75 Å². The molecule has 0 saturated carbocycles. The summed E-state index contributed by atoms with van der Waals surface area (Å²) in [5.74, 6) is -0.156. The molecular formula is C17H25FN2O4S. The molecule has 6 nitrogen and oxygen atoms in total. The monoisotopic (exact) mass is 372 g/mol. The van der Waals surface area contributed by atoms with Crippen LogP contribution in [0.4, 0.5) is 4.39 Å². The molecule has 25 heavy (non-hydrogen) atoms. The number of piperidine rings is 1. The highest BCUT2D eigenvalue weighted by atomic mass is 32.2. The van der Waals surface area contributed by atoms with Crippen LogP contribution in [0.25, 0.3) is 0 Å². The van der Waals surface area contributed by atoms with Gasteiger partial charge in [0.2, 0.25) is 10.0 Å². The summed E-state index contributed by atoms with van der Waals surface area (Å²) in [5.41, 5.74) is 0. The number of halogens is 1. The maximum atomic E-state index is 14.3. The van der Waals surface area contributed by atoms with Gasteiger partial charge in [0, 0.05) is 18.6 Å². The second kappa shape index (κ2) is 7.99. The van der Waals surface area contributed by atoms with E-state index >= 15 is 0 Å². The van der Waals surface area contributed by atoms with Crippen molar-refractivity contribution in [2.24, 2.45) is 11.8 Å². The van der Waals surface area contributed by atoms with E-state index in [2.05, 4.69) is 10.0 Å². The second-order valence-electron chi connectivity index (χ2n) is 6.83. The van der Waals surface area contributed by atoms with Crippen molar-refractivity contribution in [3.63, 3.8) is 0 Å². The van der Waals surface area contributed by atoms with Crippen molar-refractivity contribution in [1.29, 1.82) is 0 Å². The van der Waals surface area contributed by atoms with Gasteiger partial charge in [-0.25, -0.2) is 17.5 Å². The minimum atomic E-state index is -3.76. The van der Waals surface area contributed by atoms with Crippen LogP contribution in [0.2, 0.25) is 0 Å². The predicted octanol–water partition coefficient (Wildman–Crippen LogP) is 1.52. The molecule has 2 N–H and O–H groups in total. The predicted molar refractivity (Wildman–Crippen MR) is 91.6 cm³/mol. The van der Waals surface area contributed by atoms with Crippen molar-refractivity contribution >= 4 is 10.0 Å². The molecule has 3 unspecified atom stereocenters. The Morgan fingerprint density at radius 3 is 2.92 bits per heavy atom. The fourth-order valence-electron chi connectivity index (χ4n) is 3.14. The highest BCUT2D eigenvalue weighted by Gasteiger charge is 2.27. The third-order valence-electron chi connectivity index (χ3n) is 4.80. The van der Waals surface area contributed by atoms with E-state index in [0.29, 0.717) is 26.2 Å². The largest absolute Gasteiger partial charge is 0.490 e. The fraction of sp³-hybridized carbons (Fsp3) is 0.647. The summed E-state index contributed by atoms with van der Waals surface area (Å²) >= 11 is 0. The van der Waals surface area contributed by atoms with Gasteiger partial charge < -0.3 is 14.8 Å². The van der Waals surface area contributed by atoms with Gasteiger partial charge in [0.1, 0.15) is 0 Å². The van der Waals surface area contributed by atoms with Crippen LogP contribution in [0, 0.1) is 17.7 Å². The van der Waals surface area contributed by atoms with E-state index in [-0.39, 0.29) is 28.5 Å². The van der Waals surface area contributed by atoms with E-state index in [4.69, 9.17) is 9.47 Å². The molecule has 2 fully saturated rings. The van der Waals surface area contributed by atoms with E-state index < -0.39 is 15.8 Å². The molecule has 8 heteroatoms. The van der Waals surface area contributed by atoms with Crippen LogP contribution in [0.5, 0.6) is 5.75 Å². The van der Waals surface area contributed by atoms with Gasteiger partial charge in [-0.15, -0.1) is 0 Å². The Labute approximate surface area is 148 Å². The SMILES string of the molecule is CC1CNCCC1NS(=O)(=O)c1ccc(OCC2CCOC2)c(F)c1. The minimum Gasteiger partial charge on any atom is -0.490 e. The number of rotatable bonds is 6. The molecule has 2 aliphatic heterocycles. The van der Waals surface area contributed by atoms with Crippen LogP contribution in [0.1, 0.15) is 19.8 Å². The Hall–Kier alpha value is -1.22. The summed E-state index contributed by atoms with van der Waals surface area (Å²) in [7, 11) is -3.76. The highest BCUT2D eigenvalue weighted by Crippen LogP contribution is 2.24. The molecule has 0 amide bonds. The van der Waals surface area contributed by atoms with E-state index in [1.54, 1.807) is 0 Å². The lowest BCUT2D eigenvalue weighted by atomic mass is 9.97. The lowest BCUT2D eigenvalue weighted by molar-refractivity contribution is 0.165. The molecular weight excluding hydrogens is 347 g/mol. The van der Waals surface area contributed by atoms with Gasteiger partial charge >= 0.3 is 0 Å². The first-order valence-electron chi connectivity index (χ1n) is 8.69. The quantitative estimate of drug-likeness (QED) is 0.792. The molecule has 1 aromatic rings. The number of nitrogens with one attached hydrogen (secondary N) is 2. The van der Waals surface area contributed by atoms with Crippen molar-refractivity contribution in [2.75, 3.05) is 32.9 Å². The molecule has 3 rings (SSSR count). The van der Waals surface area contributed by atoms with E-state index in [0.717, 1.165) is 25.6 Å². The summed E-state index contributed by atoms with van der Waals surface area (Å²) in [5, 5.41) is 3.22. The Morgan fingerprint density at radius 1 is 1.40 bits per heavy atom. The zero-order valence-electron chi connectivity index (χ0n) is 14.3. The topological polar surface area (TPSA) is 76.7 Å². The third-order valence-corrected chi connectivity index (χ3v) is 6.29. The third kappa shape index (κ3) is 4.69. The normalized spacial score (nSPS) is 27.4. The molecule has 2 aliphatic rings. The molecule has 2 saturated heterocycles. The number of hydrogen-bond donors (Lipinski definition) is 2. The van der Waals surface area contributed by atoms with Crippen molar-refractivity contribution < 1.29 is 22.3 Å². The van der Waals surface area contributed by atoms with Gasteiger partial charge in [-0.3, -0.25) is 0 Å². The summed E-state index contributed by atoms with van der Waals surface area (Å²) in [6.45, 7) is 5.21. The first kappa shape index (κ1) is 18.6. The zero-order chi connectivity index (χ0) is 17.9. The standard InChI is InChI=1S/C17H25FN2O4S/c1-12-9-19-6-4-16(12)20-25(21,22)14-2-3-17(15(18)8-14)24-11-13-5-7-23-10-13/h2-3,8,12-13,16,19-20H,4-7,9-11H2,1H3. The number of ether oxygens (including phenoxy) is 2. The van der Waals surface area contributed by atoms with Crippen LogP contribution < -0.4 is 14.8 Å². The van der Waals surface area contributed by atoms with Gasteiger partial charge in [-0.05, 0) is 50.0 Å². The van der Waals surface area contributed by atoms with Gasteiger partial charge in [-0.1, -0.05) is 6.92 Å². The van der Waals surface area contributed by atoms with Crippen LogP contribution in [-0.4, -0.2) is 47.4 Å². The van der Waals surface area contributed by atoms with E-state index in [9.17, 15) is 12.8 Å². The first-order valence-corrected chi connectivity index (χ1v) is 10.2. The molecule has 1 aromatic carbocycles. The average molecular weight is 372 g/mol. The molecule has 0 aliphatic carbocycles. The van der Waals surface area contributed by atoms with Crippen LogP contribution in [0.3, 0.4) is 0 Å². The molecule has 2 heterocycles. The van der Waals surface area contributed by atoms with Crippen molar-refractivity contribution in [3.05, 3.63) is 24.0 Å². The molecule has 140 valence electrons. The lowest BCUT2D eigenvalue weighted by Crippen LogP contribution is -2.48. The molecule has 3 atom stereocenters. The minimum absolute atomic E-state index is 0.0704. The highest BCUT2D eigenvalue weighted by molar-refractivity contribution is 7.89. The van der Waals surface area contributed by atoms with E-state index in [1.165, 1.54) is 12.1 Å². The van der Waals surface area contributed by atoms with Gasteiger partial charge in [0.15, 0.2) is 11.6 Å². The van der Waals surface area contributed by atoms with E-state index in [1.807, 2.05) is 6.92 Å². The molecule has 0 spiro atoms. The smallest absolute Gasteiger partial charge is 0.240 e. The number of sulfonamides is 1. The zero-order valence-corrected chi connectivity index (χ0v) is 15.1. The van der Waals surface area contributed by atoms with Crippen LogP contribution >= 0.6 is 0 Å². The van der Waals surface area contributed by atoms with Gasteiger partial charge in [-0.2, -0.15) is 0 Å².